The fourth-order valence-corrected chi connectivity index (χ4v) is 1.10. The molecule has 2 nitrogen and oxygen atoms in total. The molecule has 0 saturated heterocycles. The number of hydrogen-bond acceptors (Lipinski definition) is 2. The fourth-order valence-electron chi connectivity index (χ4n) is 1.10. The van der Waals surface area contributed by atoms with Gasteiger partial charge in [-0.15, -0.1) is 0 Å². The van der Waals surface area contributed by atoms with Gasteiger partial charge in [0.05, 0.1) is 5.39 Å². The van der Waals surface area contributed by atoms with Gasteiger partial charge in [0.25, 0.3) is 6.01 Å². The van der Waals surface area contributed by atoms with Crippen molar-refractivity contribution < 1.29 is 8.81 Å². The summed E-state index contributed by atoms with van der Waals surface area (Å²) in [6, 6.07) is 7.05. The molecule has 12 heavy (non-hydrogen) atoms. The third-order valence-corrected chi connectivity index (χ3v) is 1.64. The smallest absolute Gasteiger partial charge is 0.346 e. The number of benzene rings is 1. The second-order valence-electron chi connectivity index (χ2n) is 2.43. The van der Waals surface area contributed by atoms with E-state index in [9.17, 15) is 9.18 Å². The Balaban J connectivity index is 2.99. The fraction of sp³-hybridized carbons (Fsp3) is 0. The lowest BCUT2D eigenvalue weighted by Crippen LogP contribution is -1.99. The molecule has 0 radical (unpaired) electrons. The Morgan fingerprint density at radius 1 is 1.25 bits per heavy atom. The maximum Gasteiger partial charge on any atom is 0.346 e. The Morgan fingerprint density at radius 2 is 2.00 bits per heavy atom. The summed E-state index contributed by atoms with van der Waals surface area (Å²) in [5.74, 6) is 0. The van der Waals surface area contributed by atoms with Crippen LogP contribution in [0.3, 0.4) is 0 Å². The van der Waals surface area contributed by atoms with Crippen molar-refractivity contribution in [1.82, 2.24) is 0 Å². The van der Waals surface area contributed by atoms with E-state index in [1.54, 1.807) is 24.3 Å². The molecule has 1 heterocycles. The van der Waals surface area contributed by atoms with Gasteiger partial charge >= 0.3 is 5.63 Å². The molecule has 0 aliphatic heterocycles. The second kappa shape index (κ2) is 2.44. The largest absolute Gasteiger partial charge is 0.395 e. The highest BCUT2D eigenvalue weighted by Gasteiger charge is 2.01. The first-order valence-electron chi connectivity index (χ1n) is 3.46. The molecule has 2 rings (SSSR count). The van der Waals surface area contributed by atoms with Crippen LogP contribution in [0, 0.1) is 6.01 Å². The first kappa shape index (κ1) is 7.03. The minimum atomic E-state index is -0.848. The minimum absolute atomic E-state index is 0.402. The van der Waals surface area contributed by atoms with Gasteiger partial charge in [0.2, 0.25) is 0 Å². The van der Waals surface area contributed by atoms with Gasteiger partial charge in [-0.3, -0.25) is 0 Å². The van der Waals surface area contributed by atoms with Crippen LogP contribution < -0.4 is 5.63 Å². The highest BCUT2D eigenvalue weighted by Crippen LogP contribution is 2.09. The van der Waals surface area contributed by atoms with Crippen LogP contribution in [0.4, 0.5) is 4.39 Å². The Hall–Kier alpha value is -1.64. The summed E-state index contributed by atoms with van der Waals surface area (Å²) in [5, 5.41) is 0.963. The summed E-state index contributed by atoms with van der Waals surface area (Å²) in [4.78, 5) is 11.0. The molecule has 3 heteroatoms. The molecular formula is C9H5FO2. The molecule has 0 unspecified atom stereocenters. The molecule has 0 bridgehead atoms. The van der Waals surface area contributed by atoms with Crippen LogP contribution >= 0.6 is 0 Å². The van der Waals surface area contributed by atoms with Gasteiger partial charge in [0.1, 0.15) is 0 Å². The summed E-state index contributed by atoms with van der Waals surface area (Å²) >= 11 is 0. The Labute approximate surface area is 67.2 Å². The number of rotatable bonds is 0. The minimum Gasteiger partial charge on any atom is -0.395 e. The lowest BCUT2D eigenvalue weighted by molar-refractivity contribution is 0.330. The summed E-state index contributed by atoms with van der Waals surface area (Å²) in [6.45, 7) is 0. The molecule has 0 N–H and O–H groups in total. The molecule has 0 aliphatic carbocycles. The molecule has 1 aromatic heterocycles. The van der Waals surface area contributed by atoms with Crippen LogP contribution in [0.2, 0.25) is 0 Å². The normalized spacial score (nSPS) is 10.4. The third-order valence-electron chi connectivity index (χ3n) is 1.64. The molecule has 1 aromatic carbocycles. The topological polar surface area (TPSA) is 30.2 Å². The van der Waals surface area contributed by atoms with E-state index in [4.69, 9.17) is 0 Å². The quantitative estimate of drug-likeness (QED) is 0.595. The van der Waals surface area contributed by atoms with E-state index < -0.39 is 11.6 Å². The van der Waals surface area contributed by atoms with Gasteiger partial charge < -0.3 is 4.42 Å². The lowest BCUT2D eigenvalue weighted by Gasteiger charge is -1.93. The maximum atomic E-state index is 12.5. The van der Waals surface area contributed by atoms with Crippen molar-refractivity contribution in [2.24, 2.45) is 0 Å². The predicted octanol–water partition coefficient (Wildman–Crippen LogP) is 1.93. The number of halogens is 1. The van der Waals surface area contributed by atoms with E-state index in [2.05, 4.69) is 4.42 Å². The second-order valence-corrected chi connectivity index (χ2v) is 2.43. The molecule has 0 saturated carbocycles. The van der Waals surface area contributed by atoms with Crippen molar-refractivity contribution in [3.8, 4) is 0 Å². The first-order valence-corrected chi connectivity index (χ1v) is 3.46. The van der Waals surface area contributed by atoms with Gasteiger partial charge in [-0.1, -0.05) is 18.2 Å². The maximum absolute atomic E-state index is 12.5. The van der Waals surface area contributed by atoms with Gasteiger partial charge in [-0.05, 0) is 11.5 Å². The molecule has 0 aliphatic rings. The van der Waals surface area contributed by atoms with Crippen LogP contribution in [0.25, 0.3) is 10.8 Å². The van der Waals surface area contributed by atoms with E-state index in [1.807, 2.05) is 0 Å². The summed E-state index contributed by atoms with van der Waals surface area (Å²) < 4.78 is 16.8. The molecule has 0 amide bonds. The standard InChI is InChI=1S/C9H5FO2/c10-8-5-6-3-1-2-4-7(6)9(11)12-8/h1-5H. The molecule has 0 atom stereocenters. The zero-order valence-corrected chi connectivity index (χ0v) is 6.08. The monoisotopic (exact) mass is 164 g/mol. The van der Waals surface area contributed by atoms with Crippen LogP contribution in [-0.4, -0.2) is 0 Å². The van der Waals surface area contributed by atoms with Gasteiger partial charge in [-0.2, -0.15) is 4.39 Å². The first-order chi connectivity index (χ1) is 5.77. The number of fused-ring (bicyclic) bond motifs is 1. The molecular weight excluding hydrogens is 159 g/mol. The Bertz CT molecular complexity index is 473. The predicted molar refractivity (Wildman–Crippen MR) is 42.4 cm³/mol. The van der Waals surface area contributed by atoms with Crippen molar-refractivity contribution >= 4 is 10.8 Å². The average molecular weight is 164 g/mol. The Kier molecular flexibility index (Phi) is 1.43. The molecule has 60 valence electrons. The van der Waals surface area contributed by atoms with E-state index in [-0.39, 0.29) is 0 Å². The van der Waals surface area contributed by atoms with E-state index in [0.717, 1.165) is 0 Å². The van der Waals surface area contributed by atoms with E-state index in [1.165, 1.54) is 6.07 Å². The summed E-state index contributed by atoms with van der Waals surface area (Å²) in [7, 11) is 0. The lowest BCUT2D eigenvalue weighted by atomic mass is 10.2. The SMILES string of the molecule is O=c1oc(F)cc2ccccc12. The summed E-state index contributed by atoms with van der Waals surface area (Å²) in [5.41, 5.74) is -0.634. The third kappa shape index (κ3) is 0.993. The van der Waals surface area contributed by atoms with Crippen molar-refractivity contribution in [3.63, 3.8) is 0 Å². The molecule has 0 fully saturated rings. The van der Waals surface area contributed by atoms with E-state index >= 15 is 0 Å². The number of hydrogen-bond donors (Lipinski definition) is 0. The van der Waals surface area contributed by atoms with E-state index in [0.29, 0.717) is 10.8 Å². The van der Waals surface area contributed by atoms with Crippen LogP contribution in [0.1, 0.15) is 0 Å². The van der Waals surface area contributed by atoms with Gasteiger partial charge in [0.15, 0.2) is 0 Å². The molecule has 2 aromatic rings. The highest BCUT2D eigenvalue weighted by atomic mass is 19.1. The molecule has 0 spiro atoms. The zero-order valence-electron chi connectivity index (χ0n) is 6.08. The highest BCUT2D eigenvalue weighted by molar-refractivity contribution is 5.80. The summed E-state index contributed by atoms with van der Waals surface area (Å²) in [6.07, 6.45) is 0. The van der Waals surface area contributed by atoms with Crippen molar-refractivity contribution in [2.75, 3.05) is 0 Å². The Morgan fingerprint density at radius 3 is 2.83 bits per heavy atom. The average Bonchev–Trinajstić information content (AvgIpc) is 2.04. The van der Waals surface area contributed by atoms with Crippen LogP contribution in [0.15, 0.2) is 39.5 Å². The van der Waals surface area contributed by atoms with Gasteiger partial charge in [0, 0.05) is 6.07 Å². The zero-order chi connectivity index (χ0) is 8.55. The van der Waals surface area contributed by atoms with Gasteiger partial charge in [-0.25, -0.2) is 4.79 Å². The van der Waals surface area contributed by atoms with Crippen molar-refractivity contribution in [2.45, 2.75) is 0 Å². The van der Waals surface area contributed by atoms with Crippen molar-refractivity contribution in [3.05, 3.63) is 46.8 Å². The van der Waals surface area contributed by atoms with Crippen LogP contribution in [0.5, 0.6) is 0 Å². The van der Waals surface area contributed by atoms with Crippen LogP contribution in [-0.2, 0) is 0 Å². The van der Waals surface area contributed by atoms with Crippen molar-refractivity contribution in [1.29, 1.82) is 0 Å².